The summed E-state index contributed by atoms with van der Waals surface area (Å²) in [6.07, 6.45) is 7.11. The molecular formula is C21H25NO. The third-order valence-corrected chi connectivity index (χ3v) is 3.55. The van der Waals surface area contributed by atoms with E-state index in [1.807, 2.05) is 32.1 Å². The zero-order chi connectivity index (χ0) is 16.3. The predicted octanol–water partition coefficient (Wildman–Crippen LogP) is 7.15. The first-order chi connectivity index (χ1) is 10.7. The lowest BCUT2D eigenvalue weighted by Crippen LogP contribution is -1.74. The minimum Gasteiger partial charge on any atom is -0.455 e. The number of aromatic amines is 1. The van der Waals surface area contributed by atoms with Crippen molar-refractivity contribution in [1.29, 1.82) is 0 Å². The van der Waals surface area contributed by atoms with E-state index in [2.05, 4.69) is 31.3 Å². The Balaban J connectivity index is 0.000000849. The van der Waals surface area contributed by atoms with Gasteiger partial charge in [0.2, 0.25) is 0 Å². The maximum absolute atomic E-state index is 5.96. The molecule has 0 bridgehead atoms. The molecule has 0 aliphatic rings. The number of H-pyrrole nitrogens is 1. The van der Waals surface area contributed by atoms with Gasteiger partial charge in [-0.3, -0.25) is 0 Å². The molecule has 2 nitrogen and oxygen atoms in total. The van der Waals surface area contributed by atoms with Gasteiger partial charge in [-0.15, -0.1) is 0 Å². The van der Waals surface area contributed by atoms with E-state index in [1.54, 1.807) is 18.2 Å². The normalized spacial score (nSPS) is 9.65. The van der Waals surface area contributed by atoms with Gasteiger partial charge in [0.05, 0.1) is 10.9 Å². The van der Waals surface area contributed by atoms with E-state index in [1.165, 1.54) is 0 Å². The minimum absolute atomic E-state index is 0. The van der Waals surface area contributed by atoms with Crippen LogP contribution in [0.3, 0.4) is 0 Å². The van der Waals surface area contributed by atoms with Gasteiger partial charge in [0, 0.05) is 22.2 Å². The summed E-state index contributed by atoms with van der Waals surface area (Å²) in [4.78, 5) is 3.32. The molecule has 0 unspecified atom stereocenters. The average molecular weight is 307 g/mol. The monoisotopic (exact) mass is 307 g/mol. The van der Waals surface area contributed by atoms with Crippen molar-refractivity contribution in [2.45, 2.75) is 21.3 Å². The molecule has 23 heavy (non-hydrogen) atoms. The lowest BCUT2D eigenvalue weighted by molar-refractivity contribution is 0.607. The molecule has 0 aliphatic heterocycles. The Labute approximate surface area is 138 Å². The van der Waals surface area contributed by atoms with E-state index in [-0.39, 0.29) is 7.43 Å². The molecule has 0 saturated carbocycles. The lowest BCUT2D eigenvalue weighted by atomic mass is 10.1. The van der Waals surface area contributed by atoms with E-state index in [0.29, 0.717) is 0 Å². The summed E-state index contributed by atoms with van der Waals surface area (Å²) < 4.78 is 5.96. The van der Waals surface area contributed by atoms with Crippen LogP contribution in [0.1, 0.15) is 43.9 Å². The van der Waals surface area contributed by atoms with Crippen LogP contribution in [0.4, 0.5) is 0 Å². The topological polar surface area (TPSA) is 28.9 Å². The van der Waals surface area contributed by atoms with E-state index < -0.39 is 0 Å². The fraction of sp³-hybridized carbons (Fsp3) is 0.143. The van der Waals surface area contributed by atoms with Crippen LogP contribution >= 0.6 is 0 Å². The van der Waals surface area contributed by atoms with Gasteiger partial charge in [-0.2, -0.15) is 0 Å². The predicted molar refractivity (Wildman–Crippen MR) is 107 cm³/mol. The first kappa shape index (κ1) is 18.3. The van der Waals surface area contributed by atoms with Crippen molar-refractivity contribution in [3.8, 4) is 0 Å². The second kappa shape index (κ2) is 7.50. The van der Waals surface area contributed by atoms with Gasteiger partial charge in [0.1, 0.15) is 11.3 Å². The second-order valence-electron chi connectivity index (χ2n) is 4.51. The van der Waals surface area contributed by atoms with Gasteiger partial charge in [0.15, 0.2) is 0 Å². The Bertz CT molecular complexity index is 874. The molecule has 2 heteroatoms. The van der Waals surface area contributed by atoms with Crippen LogP contribution in [0.25, 0.3) is 46.2 Å². The van der Waals surface area contributed by atoms with Crippen LogP contribution in [0.5, 0.6) is 0 Å². The van der Waals surface area contributed by atoms with Crippen molar-refractivity contribution in [1.82, 2.24) is 4.98 Å². The molecule has 120 valence electrons. The van der Waals surface area contributed by atoms with Crippen molar-refractivity contribution in [3.63, 3.8) is 0 Å². The number of hydrogen-bond acceptors (Lipinski definition) is 1. The summed E-state index contributed by atoms with van der Waals surface area (Å²) in [7, 11) is 0. The number of nitrogens with one attached hydrogen (secondary N) is 1. The van der Waals surface area contributed by atoms with Crippen molar-refractivity contribution in [3.05, 3.63) is 61.0 Å². The first-order valence-electron chi connectivity index (χ1n) is 7.36. The molecule has 2 heterocycles. The van der Waals surface area contributed by atoms with Gasteiger partial charge in [-0.1, -0.05) is 59.7 Å². The highest BCUT2D eigenvalue weighted by atomic mass is 16.3. The van der Waals surface area contributed by atoms with Crippen LogP contribution in [-0.4, -0.2) is 4.98 Å². The zero-order valence-corrected chi connectivity index (χ0v) is 13.2. The molecule has 3 rings (SSSR count). The molecule has 3 aromatic rings. The molecular weight excluding hydrogens is 282 g/mol. The molecule has 0 amide bonds. The molecule has 1 aromatic carbocycles. The quantitative estimate of drug-likeness (QED) is 0.544. The Morgan fingerprint density at radius 1 is 0.913 bits per heavy atom. The number of hydrogen-bond donors (Lipinski definition) is 1. The highest BCUT2D eigenvalue weighted by Gasteiger charge is 2.16. The molecule has 0 saturated heterocycles. The number of aromatic nitrogens is 1. The number of furan rings is 1. The summed E-state index contributed by atoms with van der Waals surface area (Å²) in [6, 6.07) is 4.06. The van der Waals surface area contributed by atoms with Crippen LogP contribution in [0.15, 0.2) is 42.9 Å². The molecule has 0 atom stereocenters. The molecule has 1 N–H and O–H groups in total. The highest BCUT2D eigenvalue weighted by molar-refractivity contribution is 6.11. The Hall–Kier alpha value is -2.74. The molecule has 0 spiro atoms. The molecule has 0 radical (unpaired) electrons. The van der Waals surface area contributed by atoms with Gasteiger partial charge in [-0.25, -0.2) is 0 Å². The van der Waals surface area contributed by atoms with Crippen molar-refractivity contribution in [2.24, 2.45) is 0 Å². The van der Waals surface area contributed by atoms with E-state index in [9.17, 15) is 0 Å². The largest absolute Gasteiger partial charge is 0.455 e. The maximum atomic E-state index is 5.96. The second-order valence-corrected chi connectivity index (χ2v) is 4.51. The standard InChI is InChI=1S/C18H15NO.C2H6.CH4/c1-5-11-13-9-10-15-17(18(13)20-16(11)8-4)12(6-2)14(7-3)19-15;1-2;/h5-10,19H,1-4H2;1-2H3;1H4. The third-order valence-electron chi connectivity index (χ3n) is 3.55. The zero-order valence-electron chi connectivity index (χ0n) is 13.2. The van der Waals surface area contributed by atoms with Gasteiger partial charge in [-0.05, 0) is 24.3 Å². The fourth-order valence-corrected chi connectivity index (χ4v) is 2.65. The summed E-state index contributed by atoms with van der Waals surface area (Å²) in [6.45, 7) is 19.4. The Morgan fingerprint density at radius 3 is 2.09 bits per heavy atom. The molecule has 0 aliphatic carbocycles. The molecule has 2 aromatic heterocycles. The number of benzene rings is 1. The van der Waals surface area contributed by atoms with Crippen LogP contribution < -0.4 is 0 Å². The van der Waals surface area contributed by atoms with Gasteiger partial charge >= 0.3 is 0 Å². The summed E-state index contributed by atoms with van der Waals surface area (Å²) in [5.74, 6) is 0.735. The first-order valence-corrected chi connectivity index (χ1v) is 7.36. The minimum atomic E-state index is 0. The van der Waals surface area contributed by atoms with E-state index in [0.717, 1.165) is 44.5 Å². The summed E-state index contributed by atoms with van der Waals surface area (Å²) >= 11 is 0. The van der Waals surface area contributed by atoms with Crippen LogP contribution in [0.2, 0.25) is 0 Å². The van der Waals surface area contributed by atoms with E-state index in [4.69, 9.17) is 4.42 Å². The molecule has 0 fully saturated rings. The third kappa shape index (κ3) is 2.68. The van der Waals surface area contributed by atoms with Crippen LogP contribution in [-0.2, 0) is 0 Å². The van der Waals surface area contributed by atoms with Gasteiger partial charge < -0.3 is 9.40 Å². The maximum Gasteiger partial charge on any atom is 0.145 e. The highest BCUT2D eigenvalue weighted by Crippen LogP contribution is 2.36. The Kier molecular flexibility index (Phi) is 5.97. The van der Waals surface area contributed by atoms with Gasteiger partial charge in [0.25, 0.3) is 0 Å². The van der Waals surface area contributed by atoms with Crippen LogP contribution in [0, 0.1) is 0 Å². The summed E-state index contributed by atoms with van der Waals surface area (Å²) in [5, 5.41) is 2.05. The smallest absolute Gasteiger partial charge is 0.145 e. The lowest BCUT2D eigenvalue weighted by Gasteiger charge is -1.95. The van der Waals surface area contributed by atoms with Crippen molar-refractivity contribution >= 4 is 46.2 Å². The van der Waals surface area contributed by atoms with Crippen molar-refractivity contribution in [2.75, 3.05) is 0 Å². The fourth-order valence-electron chi connectivity index (χ4n) is 2.65. The SMILES string of the molecule is C.C=Cc1[nH]c2ccc3c(C=C)c(C=C)oc3c2c1C=C.CC. The van der Waals surface area contributed by atoms with Crippen molar-refractivity contribution < 1.29 is 4.42 Å². The Morgan fingerprint density at radius 2 is 1.57 bits per heavy atom. The van der Waals surface area contributed by atoms with E-state index >= 15 is 0 Å². The average Bonchev–Trinajstić information content (AvgIpc) is 3.12. The number of rotatable bonds is 4. The number of fused-ring (bicyclic) bond motifs is 3. The summed E-state index contributed by atoms with van der Waals surface area (Å²) in [5.41, 5.74) is 4.74.